The van der Waals surface area contributed by atoms with Crippen LogP contribution in [0.1, 0.15) is 28.4 Å². The predicted molar refractivity (Wildman–Crippen MR) is 120 cm³/mol. The van der Waals surface area contributed by atoms with E-state index in [0.29, 0.717) is 11.1 Å². The Hall–Kier alpha value is -3.73. The Balaban J connectivity index is 1.55. The first-order valence-corrected chi connectivity index (χ1v) is 11.0. The molecule has 0 radical (unpaired) electrons. The molecular formula is C25H14BrF5O5. The Morgan fingerprint density at radius 3 is 2.25 bits per heavy atom. The number of carbonyl (C=O) groups is 2. The zero-order chi connectivity index (χ0) is 26.3. The number of Topliss-reactive ketones (excluding diaryl/α,β-unsaturated/α-hetero) is 1. The number of ketones is 1. The second-order valence-electron chi connectivity index (χ2n) is 7.65. The second-order valence-corrected chi connectivity index (χ2v) is 8.51. The molecule has 4 rings (SSSR count). The number of hydrogen-bond donors (Lipinski definition) is 0. The molecule has 0 aliphatic carbocycles. The van der Waals surface area contributed by atoms with Crippen molar-refractivity contribution in [2.24, 2.45) is 0 Å². The van der Waals surface area contributed by atoms with Crippen molar-refractivity contribution >= 4 is 33.8 Å². The molecule has 0 N–H and O–H groups in total. The lowest BCUT2D eigenvalue weighted by atomic mass is 10.0. The smallest absolute Gasteiger partial charge is 0.352 e. The summed E-state index contributed by atoms with van der Waals surface area (Å²) in [5, 5.41) is 0. The van der Waals surface area contributed by atoms with Crippen molar-refractivity contribution in [2.75, 3.05) is 0 Å². The lowest BCUT2D eigenvalue weighted by Crippen LogP contribution is -2.29. The molecule has 1 heterocycles. The highest BCUT2D eigenvalue weighted by Crippen LogP contribution is 2.38. The average Bonchev–Trinajstić information content (AvgIpc) is 3.15. The second kappa shape index (κ2) is 9.73. The van der Waals surface area contributed by atoms with Crippen LogP contribution in [0.3, 0.4) is 0 Å². The van der Waals surface area contributed by atoms with Gasteiger partial charge in [-0.05, 0) is 43.2 Å². The standard InChI is InChI=1S/C25H14BrF5O5/c1-10-7-13(9-15-17(10)23(32)16(36-15)8-12-5-3-4-6-14(12)26)35-25(33)11(2)34-24-21(30)19(28)18(27)20(29)22(24)31/h3-9,11H,1-2H3/b16-8-. The number of fused-ring (bicyclic) bond motifs is 1. The zero-order valence-electron chi connectivity index (χ0n) is 18.4. The molecule has 0 saturated heterocycles. The van der Waals surface area contributed by atoms with Crippen LogP contribution in [-0.2, 0) is 4.79 Å². The first kappa shape index (κ1) is 25.4. The Labute approximate surface area is 209 Å². The van der Waals surface area contributed by atoms with E-state index < -0.39 is 46.9 Å². The summed E-state index contributed by atoms with van der Waals surface area (Å²) in [6.45, 7) is 2.58. The van der Waals surface area contributed by atoms with Crippen LogP contribution < -0.4 is 14.2 Å². The molecule has 11 heteroatoms. The van der Waals surface area contributed by atoms with Crippen molar-refractivity contribution < 1.29 is 45.8 Å². The number of hydrogen-bond acceptors (Lipinski definition) is 5. The molecule has 0 aromatic heterocycles. The van der Waals surface area contributed by atoms with Crippen molar-refractivity contribution in [2.45, 2.75) is 20.0 Å². The fourth-order valence-electron chi connectivity index (χ4n) is 3.38. The maximum atomic E-state index is 13.9. The SMILES string of the molecule is Cc1cc(OC(=O)C(C)Oc2c(F)c(F)c(F)c(F)c2F)cc2c1C(=O)/C(=C/c1ccccc1Br)O2. The zero-order valence-corrected chi connectivity index (χ0v) is 20.0. The molecule has 0 fully saturated rings. The molecule has 0 spiro atoms. The summed E-state index contributed by atoms with van der Waals surface area (Å²) in [5.74, 6) is -14.4. The van der Waals surface area contributed by atoms with Gasteiger partial charge in [-0.1, -0.05) is 34.1 Å². The van der Waals surface area contributed by atoms with Gasteiger partial charge in [0.2, 0.25) is 34.9 Å². The van der Waals surface area contributed by atoms with Gasteiger partial charge >= 0.3 is 5.97 Å². The predicted octanol–water partition coefficient (Wildman–Crippen LogP) is 6.44. The van der Waals surface area contributed by atoms with E-state index in [1.165, 1.54) is 18.2 Å². The Bertz CT molecular complexity index is 1420. The third-order valence-electron chi connectivity index (χ3n) is 5.15. The monoisotopic (exact) mass is 568 g/mol. The van der Waals surface area contributed by atoms with Crippen LogP contribution in [0.2, 0.25) is 0 Å². The highest BCUT2D eigenvalue weighted by Gasteiger charge is 2.32. The van der Waals surface area contributed by atoms with Gasteiger partial charge in [0.05, 0.1) is 5.56 Å². The molecular weight excluding hydrogens is 555 g/mol. The van der Waals surface area contributed by atoms with Crippen molar-refractivity contribution in [3.05, 3.63) is 92.4 Å². The summed E-state index contributed by atoms with van der Waals surface area (Å²) in [6.07, 6.45) is -0.224. The minimum Gasteiger partial charge on any atom is -0.473 e. The highest BCUT2D eigenvalue weighted by atomic mass is 79.9. The van der Waals surface area contributed by atoms with Crippen LogP contribution in [0.5, 0.6) is 17.2 Å². The molecule has 186 valence electrons. The third kappa shape index (κ3) is 4.58. The van der Waals surface area contributed by atoms with Crippen LogP contribution in [0.4, 0.5) is 22.0 Å². The largest absolute Gasteiger partial charge is 0.473 e. The minimum atomic E-state index is -2.36. The number of halogens is 6. The number of ether oxygens (including phenoxy) is 3. The molecule has 1 unspecified atom stereocenters. The maximum absolute atomic E-state index is 13.9. The number of carbonyl (C=O) groups excluding carboxylic acids is 2. The molecule has 1 aliphatic heterocycles. The van der Waals surface area contributed by atoms with Crippen LogP contribution in [0, 0.1) is 36.0 Å². The molecule has 0 saturated carbocycles. The van der Waals surface area contributed by atoms with Crippen molar-refractivity contribution in [3.63, 3.8) is 0 Å². The molecule has 3 aromatic carbocycles. The van der Waals surface area contributed by atoms with Crippen LogP contribution in [0.15, 0.2) is 46.6 Å². The molecule has 0 amide bonds. The number of esters is 1. The molecule has 1 atom stereocenters. The molecule has 0 bridgehead atoms. The fourth-order valence-corrected chi connectivity index (χ4v) is 3.78. The first-order valence-electron chi connectivity index (χ1n) is 10.2. The van der Waals surface area contributed by atoms with E-state index in [1.54, 1.807) is 31.2 Å². The lowest BCUT2D eigenvalue weighted by molar-refractivity contribution is -0.141. The lowest BCUT2D eigenvalue weighted by Gasteiger charge is -2.16. The molecule has 5 nitrogen and oxygen atoms in total. The van der Waals surface area contributed by atoms with Gasteiger partial charge in [0.1, 0.15) is 11.5 Å². The summed E-state index contributed by atoms with van der Waals surface area (Å²) < 4.78 is 83.9. The number of allylic oxidation sites excluding steroid dienone is 1. The molecule has 3 aromatic rings. The van der Waals surface area contributed by atoms with Crippen molar-refractivity contribution in [1.82, 2.24) is 0 Å². The maximum Gasteiger partial charge on any atom is 0.352 e. The van der Waals surface area contributed by atoms with E-state index in [1.807, 2.05) is 0 Å². The van der Waals surface area contributed by atoms with E-state index in [-0.39, 0.29) is 28.6 Å². The van der Waals surface area contributed by atoms with Gasteiger partial charge in [-0.3, -0.25) is 4.79 Å². The number of benzene rings is 3. The summed E-state index contributed by atoms with van der Waals surface area (Å²) in [6, 6.07) is 9.75. The van der Waals surface area contributed by atoms with Gasteiger partial charge in [-0.25, -0.2) is 18.0 Å². The van der Waals surface area contributed by atoms with Crippen molar-refractivity contribution in [3.8, 4) is 17.2 Å². The summed E-state index contributed by atoms with van der Waals surface area (Å²) in [7, 11) is 0. The average molecular weight is 569 g/mol. The van der Waals surface area contributed by atoms with Crippen LogP contribution in [0.25, 0.3) is 6.08 Å². The summed E-state index contributed by atoms with van der Waals surface area (Å²) in [5.41, 5.74) is 1.35. The van der Waals surface area contributed by atoms with Gasteiger partial charge in [-0.15, -0.1) is 0 Å². The Kier molecular flexibility index (Phi) is 6.85. The molecule has 1 aliphatic rings. The van der Waals surface area contributed by atoms with Crippen LogP contribution >= 0.6 is 15.9 Å². The van der Waals surface area contributed by atoms with Gasteiger partial charge in [-0.2, -0.15) is 8.78 Å². The van der Waals surface area contributed by atoms with E-state index in [0.717, 1.165) is 11.4 Å². The molecule has 36 heavy (non-hydrogen) atoms. The van der Waals surface area contributed by atoms with Gasteiger partial charge in [0.15, 0.2) is 17.6 Å². The number of aryl methyl sites for hydroxylation is 1. The van der Waals surface area contributed by atoms with Crippen LogP contribution in [-0.4, -0.2) is 17.9 Å². The van der Waals surface area contributed by atoms with E-state index in [2.05, 4.69) is 15.9 Å². The Morgan fingerprint density at radius 1 is 1.00 bits per heavy atom. The topological polar surface area (TPSA) is 61.8 Å². The van der Waals surface area contributed by atoms with E-state index in [9.17, 15) is 31.5 Å². The van der Waals surface area contributed by atoms with Crippen molar-refractivity contribution in [1.29, 1.82) is 0 Å². The van der Waals surface area contributed by atoms with Gasteiger partial charge in [0, 0.05) is 10.5 Å². The summed E-state index contributed by atoms with van der Waals surface area (Å²) in [4.78, 5) is 25.2. The fraction of sp³-hybridized carbons (Fsp3) is 0.120. The normalized spacial score (nSPS) is 14.4. The van der Waals surface area contributed by atoms with E-state index in [4.69, 9.17) is 14.2 Å². The first-order chi connectivity index (χ1) is 17.0. The quantitative estimate of drug-likeness (QED) is 0.0884. The summed E-state index contributed by atoms with van der Waals surface area (Å²) >= 11 is 3.38. The van der Waals surface area contributed by atoms with Gasteiger partial charge in [0.25, 0.3) is 0 Å². The third-order valence-corrected chi connectivity index (χ3v) is 5.87. The highest BCUT2D eigenvalue weighted by molar-refractivity contribution is 9.10. The minimum absolute atomic E-state index is 0.0338. The van der Waals surface area contributed by atoms with E-state index >= 15 is 0 Å². The van der Waals surface area contributed by atoms with Gasteiger partial charge < -0.3 is 14.2 Å². The number of rotatable bonds is 5. The Morgan fingerprint density at radius 2 is 1.61 bits per heavy atom.